The highest BCUT2D eigenvalue weighted by Gasteiger charge is 2.17. The molecule has 1 amide bonds. The molecular weight excluding hydrogens is 360 g/mol. The van der Waals surface area contributed by atoms with Crippen LogP contribution in [0.15, 0.2) is 53.4 Å². The molecule has 5 nitrogen and oxygen atoms in total. The van der Waals surface area contributed by atoms with Crippen molar-refractivity contribution in [1.82, 2.24) is 9.62 Å². The number of amides is 1. The average Bonchev–Trinajstić information content (AvgIpc) is 2.65. The van der Waals surface area contributed by atoms with Crippen molar-refractivity contribution in [2.45, 2.75) is 44.6 Å². The lowest BCUT2D eigenvalue weighted by molar-refractivity contribution is 0.0802. The Morgan fingerprint density at radius 2 is 1.56 bits per heavy atom. The Bertz CT molecular complexity index is 881. The Hall–Kier alpha value is -2.18. The number of hydrogen-bond donors (Lipinski definition) is 1. The van der Waals surface area contributed by atoms with Crippen LogP contribution in [0.4, 0.5) is 0 Å². The Morgan fingerprint density at radius 3 is 2.04 bits per heavy atom. The van der Waals surface area contributed by atoms with Crippen molar-refractivity contribution >= 4 is 15.9 Å². The normalized spacial score (nSPS) is 12.0. The molecule has 6 heteroatoms. The molecule has 0 aliphatic carbocycles. The molecule has 0 heterocycles. The number of hydrogen-bond acceptors (Lipinski definition) is 3. The molecule has 146 valence electrons. The number of nitrogens with one attached hydrogen (secondary N) is 1. The predicted octanol–water partition coefficient (Wildman–Crippen LogP) is 3.55. The second-order valence-electron chi connectivity index (χ2n) is 7.62. The maximum absolute atomic E-state index is 12.5. The van der Waals surface area contributed by atoms with Crippen molar-refractivity contribution in [3.63, 3.8) is 0 Å². The molecule has 2 aromatic rings. The summed E-state index contributed by atoms with van der Waals surface area (Å²) in [6.07, 6.45) is 0. The van der Waals surface area contributed by atoms with Crippen LogP contribution in [0.5, 0.6) is 0 Å². The first-order valence-electron chi connectivity index (χ1n) is 8.99. The molecule has 0 spiro atoms. The molecule has 0 radical (unpaired) electrons. The molecule has 0 fully saturated rings. The van der Waals surface area contributed by atoms with Gasteiger partial charge in [0.2, 0.25) is 10.0 Å². The number of sulfonamides is 1. The van der Waals surface area contributed by atoms with Crippen LogP contribution < -0.4 is 4.72 Å². The lowest BCUT2D eigenvalue weighted by atomic mass is 9.87. The van der Waals surface area contributed by atoms with Gasteiger partial charge >= 0.3 is 0 Å². The maximum atomic E-state index is 12.5. The van der Waals surface area contributed by atoms with E-state index in [0.717, 1.165) is 11.1 Å². The number of carbonyl (C=O) groups is 1. The highest BCUT2D eigenvalue weighted by Crippen LogP contribution is 2.23. The predicted molar refractivity (Wildman–Crippen MR) is 108 cm³/mol. The summed E-state index contributed by atoms with van der Waals surface area (Å²) in [5, 5.41) is 0. The molecule has 0 bridgehead atoms. The molecule has 0 atom stereocenters. The van der Waals surface area contributed by atoms with Crippen LogP contribution in [0.3, 0.4) is 0 Å². The zero-order valence-electron chi connectivity index (χ0n) is 16.6. The van der Waals surface area contributed by atoms with E-state index in [1.165, 1.54) is 0 Å². The molecule has 0 aliphatic rings. The quantitative estimate of drug-likeness (QED) is 0.823. The zero-order chi connectivity index (χ0) is 20.2. The summed E-state index contributed by atoms with van der Waals surface area (Å²) in [4.78, 5) is 14.0. The van der Waals surface area contributed by atoms with Crippen molar-refractivity contribution in [1.29, 1.82) is 0 Å². The summed E-state index contributed by atoms with van der Waals surface area (Å²) >= 11 is 0. The van der Waals surface area contributed by atoms with E-state index in [0.29, 0.717) is 12.1 Å². The molecule has 2 rings (SSSR count). The number of carbonyl (C=O) groups excluding carboxylic acids is 1. The van der Waals surface area contributed by atoms with Crippen LogP contribution >= 0.6 is 0 Å². The van der Waals surface area contributed by atoms with Gasteiger partial charge in [0.25, 0.3) is 5.91 Å². The van der Waals surface area contributed by atoms with Crippen molar-refractivity contribution in [3.05, 3.63) is 65.2 Å². The molecular formula is C21H28N2O3S. The van der Waals surface area contributed by atoms with Crippen LogP contribution in [0, 0.1) is 0 Å². The Balaban J connectivity index is 2.06. The van der Waals surface area contributed by atoms with Crippen LogP contribution in [0.1, 0.15) is 49.2 Å². The minimum absolute atomic E-state index is 0.0270. The minimum atomic E-state index is -3.59. The van der Waals surface area contributed by atoms with Gasteiger partial charge in [0.1, 0.15) is 0 Å². The second kappa shape index (κ2) is 8.23. The monoisotopic (exact) mass is 388 g/mol. The van der Waals surface area contributed by atoms with Crippen molar-refractivity contribution in [3.8, 4) is 0 Å². The summed E-state index contributed by atoms with van der Waals surface area (Å²) in [6, 6.07) is 13.9. The van der Waals surface area contributed by atoms with Gasteiger partial charge in [-0.1, -0.05) is 45.0 Å². The number of benzene rings is 2. The van der Waals surface area contributed by atoms with Gasteiger partial charge in [-0.2, -0.15) is 0 Å². The van der Waals surface area contributed by atoms with E-state index in [1.54, 1.807) is 48.3 Å². The minimum Gasteiger partial charge on any atom is -0.342 e. The fourth-order valence-electron chi connectivity index (χ4n) is 2.52. The third kappa shape index (κ3) is 5.40. The molecule has 0 unspecified atom stereocenters. The third-order valence-corrected chi connectivity index (χ3v) is 5.94. The average molecular weight is 389 g/mol. The zero-order valence-corrected chi connectivity index (χ0v) is 17.4. The van der Waals surface area contributed by atoms with E-state index in [2.05, 4.69) is 25.5 Å². The van der Waals surface area contributed by atoms with Crippen LogP contribution in [-0.2, 0) is 22.0 Å². The number of rotatable bonds is 6. The first-order valence-corrected chi connectivity index (χ1v) is 10.5. The lowest BCUT2D eigenvalue weighted by Gasteiger charge is -2.19. The summed E-state index contributed by atoms with van der Waals surface area (Å²) in [6.45, 7) is 8.97. The van der Waals surface area contributed by atoms with Gasteiger partial charge in [-0.15, -0.1) is 0 Å². The highest BCUT2D eigenvalue weighted by molar-refractivity contribution is 7.89. The molecule has 2 aromatic carbocycles. The summed E-state index contributed by atoms with van der Waals surface area (Å²) in [5.41, 5.74) is 2.43. The van der Waals surface area contributed by atoms with Crippen molar-refractivity contribution in [2.75, 3.05) is 13.6 Å². The van der Waals surface area contributed by atoms with Gasteiger partial charge in [0.15, 0.2) is 0 Å². The largest absolute Gasteiger partial charge is 0.342 e. The van der Waals surface area contributed by atoms with E-state index >= 15 is 0 Å². The molecule has 0 aromatic heterocycles. The fraction of sp³-hybridized carbons (Fsp3) is 0.381. The van der Waals surface area contributed by atoms with Gasteiger partial charge in [-0.05, 0) is 47.7 Å². The van der Waals surface area contributed by atoms with E-state index in [1.807, 2.05) is 19.1 Å². The van der Waals surface area contributed by atoms with Gasteiger partial charge in [-0.25, -0.2) is 13.1 Å². The molecule has 27 heavy (non-hydrogen) atoms. The Kier molecular flexibility index (Phi) is 6.44. The molecule has 1 N–H and O–H groups in total. The smallest absolute Gasteiger partial charge is 0.253 e. The lowest BCUT2D eigenvalue weighted by Crippen LogP contribution is -2.26. The summed E-state index contributed by atoms with van der Waals surface area (Å²) in [5.74, 6) is -0.0523. The van der Waals surface area contributed by atoms with E-state index in [-0.39, 0.29) is 22.8 Å². The number of nitrogens with zero attached hydrogens (tertiary/aromatic N) is 1. The molecule has 0 saturated carbocycles. The highest BCUT2D eigenvalue weighted by atomic mass is 32.2. The first kappa shape index (κ1) is 21.1. The SMILES string of the molecule is CCN(C)C(=O)c1ccc(CNS(=O)(=O)c2ccc(C(C)(C)C)cc2)cc1. The van der Waals surface area contributed by atoms with E-state index in [4.69, 9.17) is 0 Å². The summed E-state index contributed by atoms with van der Waals surface area (Å²) < 4.78 is 27.6. The van der Waals surface area contributed by atoms with Crippen LogP contribution in [-0.4, -0.2) is 32.8 Å². The van der Waals surface area contributed by atoms with Gasteiger partial charge in [0.05, 0.1) is 4.90 Å². The summed E-state index contributed by atoms with van der Waals surface area (Å²) in [7, 11) is -1.84. The first-order chi connectivity index (χ1) is 12.5. The Labute approximate surface area is 162 Å². The van der Waals surface area contributed by atoms with Crippen LogP contribution in [0.25, 0.3) is 0 Å². The topological polar surface area (TPSA) is 66.5 Å². The molecule has 0 saturated heterocycles. The Morgan fingerprint density at radius 1 is 1.00 bits per heavy atom. The van der Waals surface area contributed by atoms with Crippen molar-refractivity contribution < 1.29 is 13.2 Å². The van der Waals surface area contributed by atoms with Crippen molar-refractivity contribution in [2.24, 2.45) is 0 Å². The standard InChI is InChI=1S/C21H28N2O3S/c1-6-23(5)20(24)17-9-7-16(8-10-17)15-22-27(25,26)19-13-11-18(12-14-19)21(2,3)4/h7-14,22H,6,15H2,1-5H3. The van der Waals surface area contributed by atoms with E-state index in [9.17, 15) is 13.2 Å². The van der Waals surface area contributed by atoms with E-state index < -0.39 is 10.0 Å². The third-order valence-electron chi connectivity index (χ3n) is 4.52. The molecule has 0 aliphatic heterocycles. The van der Waals surface area contributed by atoms with Gasteiger partial charge in [-0.3, -0.25) is 4.79 Å². The maximum Gasteiger partial charge on any atom is 0.253 e. The van der Waals surface area contributed by atoms with Crippen LogP contribution in [0.2, 0.25) is 0 Å². The van der Waals surface area contributed by atoms with Gasteiger partial charge < -0.3 is 4.90 Å². The fourth-order valence-corrected chi connectivity index (χ4v) is 3.54. The van der Waals surface area contributed by atoms with Gasteiger partial charge in [0, 0.05) is 25.7 Å². The second-order valence-corrected chi connectivity index (χ2v) is 9.38.